The minimum absolute atomic E-state index is 0.0124. The van der Waals surface area contributed by atoms with Crippen molar-refractivity contribution in [3.63, 3.8) is 0 Å². The first kappa shape index (κ1) is 20.7. The monoisotopic (exact) mass is 458 g/mol. The molecule has 7 heteroatoms. The van der Waals surface area contributed by atoms with E-state index >= 15 is 0 Å². The maximum absolute atomic E-state index is 12.7. The Balaban J connectivity index is 1.53. The molecule has 0 aliphatic carbocycles. The molecule has 0 saturated carbocycles. The van der Waals surface area contributed by atoms with Crippen LogP contribution in [0.1, 0.15) is 22.5 Å². The van der Waals surface area contributed by atoms with Crippen molar-refractivity contribution in [1.82, 2.24) is 19.3 Å². The number of hydrogen-bond acceptors (Lipinski definition) is 5. The molecule has 5 aromatic rings. The van der Waals surface area contributed by atoms with Gasteiger partial charge in [0.25, 0.3) is 0 Å². The van der Waals surface area contributed by atoms with Gasteiger partial charge in [0.15, 0.2) is 11.0 Å². The minimum Gasteiger partial charge on any atom is -0.291 e. The molecule has 0 saturated heterocycles. The largest absolute Gasteiger partial charge is 0.308 e. The molecule has 0 amide bonds. The number of thiazole rings is 1. The quantitative estimate of drug-likeness (QED) is 0.311. The normalized spacial score (nSPS) is 11.3. The summed E-state index contributed by atoms with van der Waals surface area (Å²) in [5.41, 5.74) is 5.72. The lowest BCUT2D eigenvalue weighted by Gasteiger charge is -2.12. The number of nitrogens with zero attached hydrogens (tertiary/aromatic N) is 4. The van der Waals surface area contributed by atoms with Crippen LogP contribution in [0.4, 0.5) is 0 Å². The highest BCUT2D eigenvalue weighted by Gasteiger charge is 2.17. The van der Waals surface area contributed by atoms with Gasteiger partial charge in [0.1, 0.15) is 0 Å². The van der Waals surface area contributed by atoms with Gasteiger partial charge in [-0.2, -0.15) is 0 Å². The van der Waals surface area contributed by atoms with Crippen LogP contribution in [-0.2, 0) is 12.3 Å². The second kappa shape index (κ2) is 8.76. The molecule has 160 valence electrons. The molecule has 0 bridgehead atoms. The van der Waals surface area contributed by atoms with Crippen LogP contribution in [-0.4, -0.2) is 19.3 Å². The summed E-state index contributed by atoms with van der Waals surface area (Å²) in [6, 6.07) is 24.5. The van der Waals surface area contributed by atoms with Gasteiger partial charge in [0.05, 0.1) is 16.8 Å². The average molecular weight is 459 g/mol. The highest BCUT2D eigenvalue weighted by atomic mass is 32.2. The predicted molar refractivity (Wildman–Crippen MR) is 132 cm³/mol. The highest BCUT2D eigenvalue weighted by molar-refractivity contribution is 7.98. The summed E-state index contributed by atoms with van der Waals surface area (Å²) in [5.74, 6) is 1.55. The zero-order valence-corrected chi connectivity index (χ0v) is 19.5. The number of aromatic nitrogens is 4. The van der Waals surface area contributed by atoms with Crippen LogP contribution in [0.5, 0.6) is 0 Å². The Labute approximate surface area is 194 Å². The Bertz CT molecular complexity index is 1450. The number of aryl methyl sites for hydroxylation is 2. The summed E-state index contributed by atoms with van der Waals surface area (Å²) < 4.78 is 4.82. The van der Waals surface area contributed by atoms with Gasteiger partial charge in [-0.15, -0.1) is 10.2 Å². The molecule has 0 unspecified atom stereocenters. The van der Waals surface area contributed by atoms with Gasteiger partial charge in [-0.3, -0.25) is 13.9 Å². The summed E-state index contributed by atoms with van der Waals surface area (Å²) in [7, 11) is 0. The third kappa shape index (κ3) is 4.01. The van der Waals surface area contributed by atoms with E-state index < -0.39 is 0 Å². The van der Waals surface area contributed by atoms with Gasteiger partial charge >= 0.3 is 4.87 Å². The van der Waals surface area contributed by atoms with Crippen molar-refractivity contribution < 1.29 is 0 Å². The molecule has 3 aromatic carbocycles. The molecule has 5 rings (SSSR count). The molecular formula is C25H22N4OS2. The number of benzene rings is 3. The summed E-state index contributed by atoms with van der Waals surface area (Å²) >= 11 is 2.93. The Morgan fingerprint density at radius 1 is 0.938 bits per heavy atom. The molecule has 0 spiro atoms. The number of para-hydroxylation sites is 2. The SMILES string of the molecule is Cc1ccc(C)c(CSc2nnc(Cn3c(=O)sc4ccccc43)n2-c2ccccc2)c1. The molecular weight excluding hydrogens is 436 g/mol. The van der Waals surface area contributed by atoms with Crippen molar-refractivity contribution in [2.24, 2.45) is 0 Å². The topological polar surface area (TPSA) is 52.7 Å². The van der Waals surface area contributed by atoms with E-state index in [2.05, 4.69) is 46.8 Å². The Morgan fingerprint density at radius 3 is 2.56 bits per heavy atom. The molecule has 2 heterocycles. The van der Waals surface area contributed by atoms with Gasteiger partial charge in [-0.05, 0) is 49.2 Å². The Hall–Kier alpha value is -3.16. The van der Waals surface area contributed by atoms with Gasteiger partial charge < -0.3 is 0 Å². The summed E-state index contributed by atoms with van der Waals surface area (Å²) in [5, 5.41) is 9.84. The fraction of sp³-hybridized carbons (Fsp3) is 0.160. The van der Waals surface area contributed by atoms with Crippen LogP contribution in [0.25, 0.3) is 15.9 Å². The summed E-state index contributed by atoms with van der Waals surface area (Å²) in [4.78, 5) is 12.7. The first-order valence-corrected chi connectivity index (χ1v) is 12.2. The lowest BCUT2D eigenvalue weighted by Crippen LogP contribution is -2.16. The van der Waals surface area contributed by atoms with Crippen LogP contribution < -0.4 is 4.87 Å². The number of rotatable bonds is 6. The smallest absolute Gasteiger partial charge is 0.291 e. The molecule has 2 aromatic heterocycles. The molecule has 0 aliphatic rings. The first-order valence-electron chi connectivity index (χ1n) is 10.4. The summed E-state index contributed by atoms with van der Waals surface area (Å²) in [6.07, 6.45) is 0. The maximum atomic E-state index is 12.7. The molecule has 0 N–H and O–H groups in total. The van der Waals surface area contributed by atoms with Gasteiger partial charge in [-0.1, -0.05) is 77.2 Å². The van der Waals surface area contributed by atoms with Crippen LogP contribution in [0.3, 0.4) is 0 Å². The molecule has 0 radical (unpaired) electrons. The van der Waals surface area contributed by atoms with Crippen molar-refractivity contribution >= 4 is 33.3 Å². The standard InChI is InChI=1S/C25H22N4OS2/c1-17-12-13-18(2)19(14-17)16-31-24-27-26-23(29(24)20-8-4-3-5-9-20)15-28-21-10-6-7-11-22(21)32-25(28)30/h3-14H,15-16H2,1-2H3. The Morgan fingerprint density at radius 2 is 1.72 bits per heavy atom. The van der Waals surface area contributed by atoms with Crippen molar-refractivity contribution in [3.05, 3.63) is 105 Å². The van der Waals surface area contributed by atoms with Crippen molar-refractivity contribution in [3.8, 4) is 5.69 Å². The van der Waals surface area contributed by atoms with Crippen molar-refractivity contribution in [1.29, 1.82) is 0 Å². The number of fused-ring (bicyclic) bond motifs is 1. The molecule has 5 nitrogen and oxygen atoms in total. The van der Waals surface area contributed by atoms with Crippen LogP contribution >= 0.6 is 23.1 Å². The van der Waals surface area contributed by atoms with E-state index in [4.69, 9.17) is 0 Å². The zero-order valence-electron chi connectivity index (χ0n) is 17.9. The third-order valence-electron chi connectivity index (χ3n) is 5.45. The van der Waals surface area contributed by atoms with E-state index in [9.17, 15) is 4.79 Å². The predicted octanol–water partition coefficient (Wildman–Crippen LogP) is 5.60. The first-order chi connectivity index (χ1) is 15.6. The molecule has 32 heavy (non-hydrogen) atoms. The molecule has 0 fully saturated rings. The van der Waals surface area contributed by atoms with Crippen molar-refractivity contribution in [2.75, 3.05) is 0 Å². The van der Waals surface area contributed by atoms with Crippen molar-refractivity contribution in [2.45, 2.75) is 31.3 Å². The average Bonchev–Trinajstić information content (AvgIpc) is 3.35. The zero-order chi connectivity index (χ0) is 22.1. The fourth-order valence-corrected chi connectivity index (χ4v) is 5.66. The van der Waals surface area contributed by atoms with Crippen LogP contribution in [0.15, 0.2) is 82.7 Å². The lowest BCUT2D eigenvalue weighted by atomic mass is 10.1. The second-order valence-electron chi connectivity index (χ2n) is 7.71. The van der Waals surface area contributed by atoms with E-state index in [-0.39, 0.29) is 4.87 Å². The fourth-order valence-electron chi connectivity index (χ4n) is 3.74. The van der Waals surface area contributed by atoms with E-state index in [0.29, 0.717) is 6.54 Å². The summed E-state index contributed by atoms with van der Waals surface area (Å²) in [6.45, 7) is 4.62. The number of hydrogen-bond donors (Lipinski definition) is 0. The highest BCUT2D eigenvalue weighted by Crippen LogP contribution is 2.27. The van der Waals surface area contributed by atoms with Crippen LogP contribution in [0.2, 0.25) is 0 Å². The van der Waals surface area contributed by atoms with Gasteiger partial charge in [0, 0.05) is 11.4 Å². The van der Waals surface area contributed by atoms with E-state index in [0.717, 1.165) is 32.6 Å². The van der Waals surface area contributed by atoms with Crippen LogP contribution in [0, 0.1) is 13.8 Å². The third-order valence-corrected chi connectivity index (χ3v) is 7.39. The molecule has 0 aliphatic heterocycles. The Kier molecular flexibility index (Phi) is 5.68. The minimum atomic E-state index is 0.0124. The van der Waals surface area contributed by atoms with E-state index in [1.165, 1.54) is 28.0 Å². The second-order valence-corrected chi connectivity index (χ2v) is 9.65. The molecule has 0 atom stereocenters. The van der Waals surface area contributed by atoms with Gasteiger partial charge in [0.2, 0.25) is 0 Å². The maximum Gasteiger partial charge on any atom is 0.308 e. The van der Waals surface area contributed by atoms with E-state index in [1.54, 1.807) is 16.3 Å². The number of thioether (sulfide) groups is 1. The van der Waals surface area contributed by atoms with Gasteiger partial charge in [-0.25, -0.2) is 0 Å². The lowest BCUT2D eigenvalue weighted by molar-refractivity contribution is 0.726. The van der Waals surface area contributed by atoms with E-state index in [1.807, 2.05) is 54.6 Å².